The van der Waals surface area contributed by atoms with E-state index in [0.29, 0.717) is 19.6 Å². The van der Waals surface area contributed by atoms with Crippen molar-refractivity contribution in [2.45, 2.75) is 59.0 Å². The average molecular weight is 403 g/mol. The van der Waals surface area contributed by atoms with Crippen LogP contribution in [-0.2, 0) is 25.9 Å². The van der Waals surface area contributed by atoms with E-state index in [2.05, 4.69) is 20.7 Å². The first-order valence-electron chi connectivity index (χ1n) is 10.5. The van der Waals surface area contributed by atoms with E-state index in [1.54, 1.807) is 15.3 Å². The largest absolute Gasteiger partial charge is 0.357 e. The number of guanidine groups is 1. The van der Waals surface area contributed by atoms with Gasteiger partial charge in [-0.15, -0.1) is 0 Å². The number of aryl methyl sites for hydroxylation is 3. The molecule has 0 unspecified atom stereocenters. The van der Waals surface area contributed by atoms with E-state index in [1.165, 1.54) is 6.07 Å². The summed E-state index contributed by atoms with van der Waals surface area (Å²) < 4.78 is 16.6. The third-order valence-corrected chi connectivity index (χ3v) is 5.17. The molecule has 0 saturated carbocycles. The highest BCUT2D eigenvalue weighted by molar-refractivity contribution is 5.79. The Labute approximate surface area is 171 Å². The van der Waals surface area contributed by atoms with Crippen molar-refractivity contribution in [3.05, 3.63) is 51.5 Å². The molecular formula is C21H31FN6O. The first kappa shape index (κ1) is 21.1. The van der Waals surface area contributed by atoms with Gasteiger partial charge in [0.15, 0.2) is 5.96 Å². The average Bonchev–Trinajstić information content (AvgIpc) is 3.03. The summed E-state index contributed by atoms with van der Waals surface area (Å²) in [7, 11) is 0. The van der Waals surface area contributed by atoms with Crippen molar-refractivity contribution in [2.24, 2.45) is 4.99 Å². The lowest BCUT2D eigenvalue weighted by atomic mass is 10.1. The standard InChI is InChI=1S/C21H31FN6O/c1-3-23-20(25-12-10-17-8-9-18(22)15-16(17)2)24-11-6-14-28-21(29)27-13-5-4-7-19(27)26-28/h8-9,15H,3-7,10-14H2,1-2H3,(H2,23,24,25). The SMILES string of the molecule is CCNC(=NCCCn1nc2n(c1=O)CCCC2)NCCc1ccc(F)cc1C. The van der Waals surface area contributed by atoms with Crippen LogP contribution in [0.5, 0.6) is 0 Å². The molecule has 2 N–H and O–H groups in total. The summed E-state index contributed by atoms with van der Waals surface area (Å²) in [6, 6.07) is 4.89. The van der Waals surface area contributed by atoms with Gasteiger partial charge in [-0.25, -0.2) is 13.9 Å². The number of hydrogen-bond donors (Lipinski definition) is 2. The molecule has 0 spiro atoms. The van der Waals surface area contributed by atoms with Crippen molar-refractivity contribution in [3.8, 4) is 0 Å². The second-order valence-corrected chi connectivity index (χ2v) is 7.39. The Hall–Kier alpha value is -2.64. The molecule has 1 aliphatic rings. The van der Waals surface area contributed by atoms with Gasteiger partial charge in [0.05, 0.1) is 0 Å². The fraction of sp³-hybridized carbons (Fsp3) is 0.571. The highest BCUT2D eigenvalue weighted by atomic mass is 19.1. The van der Waals surface area contributed by atoms with Crippen LogP contribution in [0.1, 0.15) is 43.1 Å². The minimum Gasteiger partial charge on any atom is -0.357 e. The first-order chi connectivity index (χ1) is 14.1. The quantitative estimate of drug-likeness (QED) is 0.402. The second-order valence-electron chi connectivity index (χ2n) is 7.39. The third kappa shape index (κ3) is 5.68. The van der Waals surface area contributed by atoms with Crippen LogP contribution in [0.2, 0.25) is 0 Å². The summed E-state index contributed by atoms with van der Waals surface area (Å²) >= 11 is 0. The van der Waals surface area contributed by atoms with Gasteiger partial charge >= 0.3 is 5.69 Å². The lowest BCUT2D eigenvalue weighted by Crippen LogP contribution is -2.38. The molecule has 2 heterocycles. The van der Waals surface area contributed by atoms with Crippen LogP contribution in [0, 0.1) is 12.7 Å². The number of aromatic nitrogens is 3. The van der Waals surface area contributed by atoms with Gasteiger partial charge in [-0.05, 0) is 62.8 Å². The van der Waals surface area contributed by atoms with Gasteiger partial charge in [-0.3, -0.25) is 9.56 Å². The monoisotopic (exact) mass is 402 g/mol. The molecule has 0 amide bonds. The molecule has 8 heteroatoms. The van der Waals surface area contributed by atoms with E-state index in [0.717, 1.165) is 68.1 Å². The molecule has 0 fully saturated rings. The van der Waals surface area contributed by atoms with E-state index >= 15 is 0 Å². The van der Waals surface area contributed by atoms with Gasteiger partial charge in [0, 0.05) is 39.1 Å². The summed E-state index contributed by atoms with van der Waals surface area (Å²) in [5.74, 6) is 1.46. The van der Waals surface area contributed by atoms with Crippen molar-refractivity contribution in [2.75, 3.05) is 19.6 Å². The smallest absolute Gasteiger partial charge is 0.345 e. The Morgan fingerprint density at radius 1 is 1.31 bits per heavy atom. The Morgan fingerprint density at radius 3 is 2.93 bits per heavy atom. The maximum Gasteiger partial charge on any atom is 0.345 e. The summed E-state index contributed by atoms with van der Waals surface area (Å²) in [4.78, 5) is 16.9. The van der Waals surface area contributed by atoms with Crippen molar-refractivity contribution < 1.29 is 4.39 Å². The van der Waals surface area contributed by atoms with Gasteiger partial charge in [0.2, 0.25) is 0 Å². The highest BCUT2D eigenvalue weighted by Crippen LogP contribution is 2.10. The summed E-state index contributed by atoms with van der Waals surface area (Å²) in [6.07, 6.45) is 4.60. The third-order valence-electron chi connectivity index (χ3n) is 5.17. The number of fused-ring (bicyclic) bond motifs is 1. The van der Waals surface area contributed by atoms with E-state index in [1.807, 2.05) is 19.9 Å². The minimum absolute atomic E-state index is 0.00313. The number of nitrogens with zero attached hydrogens (tertiary/aromatic N) is 4. The molecule has 1 aliphatic heterocycles. The fourth-order valence-electron chi connectivity index (χ4n) is 3.60. The molecule has 7 nitrogen and oxygen atoms in total. The fourth-order valence-corrected chi connectivity index (χ4v) is 3.60. The van der Waals surface area contributed by atoms with Crippen LogP contribution in [-0.4, -0.2) is 39.9 Å². The minimum atomic E-state index is -0.202. The number of hydrogen-bond acceptors (Lipinski definition) is 3. The Balaban J connectivity index is 1.47. The van der Waals surface area contributed by atoms with Gasteiger partial charge in [-0.1, -0.05) is 6.07 Å². The number of benzene rings is 1. The molecule has 0 radical (unpaired) electrons. The predicted molar refractivity (Wildman–Crippen MR) is 113 cm³/mol. The molecular weight excluding hydrogens is 371 g/mol. The molecule has 1 aromatic heterocycles. The summed E-state index contributed by atoms with van der Waals surface area (Å²) in [6.45, 7) is 7.41. The lowest BCUT2D eigenvalue weighted by molar-refractivity contribution is 0.509. The molecule has 0 atom stereocenters. The van der Waals surface area contributed by atoms with Gasteiger partial charge < -0.3 is 10.6 Å². The maximum absolute atomic E-state index is 13.2. The van der Waals surface area contributed by atoms with E-state index in [4.69, 9.17) is 0 Å². The summed E-state index contributed by atoms with van der Waals surface area (Å²) in [5, 5.41) is 11.0. The topological polar surface area (TPSA) is 76.2 Å². The molecule has 2 aromatic rings. The Kier molecular flexibility index (Phi) is 7.43. The Bertz CT molecular complexity index is 901. The van der Waals surface area contributed by atoms with Gasteiger partial charge in [0.1, 0.15) is 11.6 Å². The zero-order valence-corrected chi connectivity index (χ0v) is 17.4. The number of rotatable bonds is 8. The van der Waals surface area contributed by atoms with Crippen LogP contribution in [0.15, 0.2) is 28.0 Å². The van der Waals surface area contributed by atoms with Crippen molar-refractivity contribution >= 4 is 5.96 Å². The lowest BCUT2D eigenvalue weighted by Gasteiger charge is -2.12. The zero-order valence-electron chi connectivity index (χ0n) is 17.4. The molecule has 0 bridgehead atoms. The van der Waals surface area contributed by atoms with Crippen molar-refractivity contribution in [1.82, 2.24) is 25.0 Å². The number of halogens is 1. The Morgan fingerprint density at radius 2 is 2.17 bits per heavy atom. The van der Waals surface area contributed by atoms with Gasteiger partial charge in [0.25, 0.3) is 0 Å². The molecule has 1 aromatic carbocycles. The molecule has 158 valence electrons. The summed E-state index contributed by atoms with van der Waals surface area (Å²) in [5.41, 5.74) is 2.09. The van der Waals surface area contributed by atoms with Crippen LogP contribution in [0.4, 0.5) is 4.39 Å². The normalized spacial score (nSPS) is 14.0. The van der Waals surface area contributed by atoms with E-state index < -0.39 is 0 Å². The van der Waals surface area contributed by atoms with Crippen LogP contribution < -0.4 is 16.3 Å². The van der Waals surface area contributed by atoms with Crippen LogP contribution >= 0.6 is 0 Å². The maximum atomic E-state index is 13.2. The molecule has 0 aliphatic carbocycles. The molecule has 29 heavy (non-hydrogen) atoms. The number of aliphatic imine (C=N–C) groups is 1. The van der Waals surface area contributed by atoms with Crippen molar-refractivity contribution in [3.63, 3.8) is 0 Å². The zero-order chi connectivity index (χ0) is 20.6. The highest BCUT2D eigenvalue weighted by Gasteiger charge is 2.16. The first-order valence-corrected chi connectivity index (χ1v) is 10.5. The van der Waals surface area contributed by atoms with Crippen molar-refractivity contribution in [1.29, 1.82) is 0 Å². The van der Waals surface area contributed by atoms with E-state index in [-0.39, 0.29) is 11.5 Å². The van der Waals surface area contributed by atoms with Crippen LogP contribution in [0.25, 0.3) is 0 Å². The molecule has 3 rings (SSSR count). The predicted octanol–water partition coefficient (Wildman–Crippen LogP) is 2.02. The second kappa shape index (κ2) is 10.2. The molecule has 0 saturated heterocycles. The number of nitrogens with one attached hydrogen (secondary N) is 2. The van der Waals surface area contributed by atoms with Gasteiger partial charge in [-0.2, -0.15) is 5.10 Å². The van der Waals surface area contributed by atoms with E-state index in [9.17, 15) is 9.18 Å². The van der Waals surface area contributed by atoms with Crippen LogP contribution in [0.3, 0.4) is 0 Å².